The van der Waals surface area contributed by atoms with E-state index < -0.39 is 0 Å². The van der Waals surface area contributed by atoms with Gasteiger partial charge in [0.25, 0.3) is 5.56 Å². The van der Waals surface area contributed by atoms with Crippen molar-refractivity contribution in [1.29, 1.82) is 0 Å². The number of fused-ring (bicyclic) bond motifs is 1. The number of allylic oxidation sites excluding steroid dienone is 1. The molecule has 0 bridgehead atoms. The van der Waals surface area contributed by atoms with Crippen molar-refractivity contribution < 1.29 is 2.85 Å². The lowest BCUT2D eigenvalue weighted by Crippen LogP contribution is -2.41. The summed E-state index contributed by atoms with van der Waals surface area (Å²) in [4.78, 5) is 18.9. The van der Waals surface area contributed by atoms with Gasteiger partial charge in [0, 0.05) is 22.0 Å². The van der Waals surface area contributed by atoms with Crippen molar-refractivity contribution in [2.75, 3.05) is 6.54 Å². The predicted molar refractivity (Wildman–Crippen MR) is 112 cm³/mol. The average molecular weight is 354 g/mol. The third-order valence-corrected chi connectivity index (χ3v) is 4.15. The van der Waals surface area contributed by atoms with E-state index in [9.17, 15) is 4.79 Å². The van der Waals surface area contributed by atoms with Crippen molar-refractivity contribution in [3.8, 4) is 12.8 Å². The summed E-state index contributed by atoms with van der Waals surface area (Å²) in [5.41, 5.74) is 8.42. The molecule has 0 saturated carbocycles. The van der Waals surface area contributed by atoms with Crippen molar-refractivity contribution in [3.05, 3.63) is 64.3 Å². The Labute approximate surface area is 158 Å². The second-order valence-electron chi connectivity index (χ2n) is 5.92. The highest BCUT2D eigenvalue weighted by Crippen LogP contribution is 2.28. The molecule has 1 aliphatic rings. The molecule has 0 fully saturated rings. The minimum absolute atomic E-state index is 0. The highest BCUT2D eigenvalue weighted by Gasteiger charge is 2.27. The second-order valence-corrected chi connectivity index (χ2v) is 5.92. The van der Waals surface area contributed by atoms with Crippen LogP contribution in [0.15, 0.2) is 41.7 Å². The van der Waals surface area contributed by atoms with Crippen LogP contribution < -0.4 is 10.9 Å². The van der Waals surface area contributed by atoms with Gasteiger partial charge in [-0.2, -0.15) is 4.98 Å². The first kappa shape index (κ1) is 20.9. The van der Waals surface area contributed by atoms with E-state index in [-0.39, 0.29) is 14.5 Å². The van der Waals surface area contributed by atoms with Gasteiger partial charge in [0.05, 0.1) is 23.5 Å². The van der Waals surface area contributed by atoms with E-state index in [1.807, 2.05) is 11.5 Å². The van der Waals surface area contributed by atoms with Crippen LogP contribution in [0.25, 0.3) is 11.8 Å². The summed E-state index contributed by atoms with van der Waals surface area (Å²) in [6, 6.07) is 0.288. The molecule has 2 rings (SSSR count). The van der Waals surface area contributed by atoms with Crippen LogP contribution >= 0.6 is 0 Å². The molecule has 0 spiro atoms. The molecule has 0 aliphatic carbocycles. The van der Waals surface area contributed by atoms with Crippen LogP contribution in [0.2, 0.25) is 0 Å². The Balaban J connectivity index is 0. The number of hydrogen-bond donors (Lipinski definition) is 1. The number of rotatable bonds is 5. The molecular weight excluding hydrogens is 324 g/mol. The van der Waals surface area contributed by atoms with Crippen molar-refractivity contribution >= 4 is 11.8 Å². The van der Waals surface area contributed by atoms with E-state index >= 15 is 0 Å². The third kappa shape index (κ3) is 4.07. The molecule has 26 heavy (non-hydrogen) atoms. The maximum absolute atomic E-state index is 12.5. The van der Waals surface area contributed by atoms with E-state index in [2.05, 4.69) is 73.1 Å². The molecule has 0 atom stereocenters. The number of aromatic nitrogens is 2. The number of terminal acetylenes is 1. The summed E-state index contributed by atoms with van der Waals surface area (Å²) >= 11 is 0. The molecule has 0 unspecified atom stereocenters. The summed E-state index contributed by atoms with van der Waals surface area (Å²) in [6.45, 7) is 19.3. The summed E-state index contributed by atoms with van der Waals surface area (Å²) in [5, 5.41) is 3.17. The maximum Gasteiger partial charge on any atom is 0.280 e. The van der Waals surface area contributed by atoms with Crippen LogP contribution in [0.3, 0.4) is 0 Å². The van der Waals surface area contributed by atoms with Crippen LogP contribution in [0.5, 0.6) is 0 Å². The Morgan fingerprint density at radius 3 is 2.58 bits per heavy atom. The lowest BCUT2D eigenvalue weighted by atomic mass is 10.1. The lowest BCUT2D eigenvalue weighted by Gasteiger charge is -2.37. The molecule has 0 radical (unpaired) electrons. The Morgan fingerprint density at radius 2 is 2.08 bits per heavy atom. The van der Waals surface area contributed by atoms with Crippen LogP contribution in [-0.2, 0) is 13.1 Å². The van der Waals surface area contributed by atoms with E-state index in [0.717, 1.165) is 30.2 Å². The van der Waals surface area contributed by atoms with Gasteiger partial charge in [-0.25, -0.2) is 0 Å². The number of nitrogens with one attached hydrogen (secondary N) is 1. The Kier molecular flexibility index (Phi) is 7.50. The van der Waals surface area contributed by atoms with E-state index in [0.29, 0.717) is 17.9 Å². The van der Waals surface area contributed by atoms with Gasteiger partial charge in [-0.05, 0) is 20.8 Å². The first-order chi connectivity index (χ1) is 12.4. The third-order valence-electron chi connectivity index (χ3n) is 4.15. The lowest BCUT2D eigenvalue weighted by molar-refractivity contribution is 0.290. The first-order valence-electron chi connectivity index (χ1n) is 8.31. The normalized spacial score (nSPS) is 12.2. The maximum atomic E-state index is 12.5. The molecule has 1 aromatic heterocycles. The minimum atomic E-state index is -0.286. The van der Waals surface area contributed by atoms with E-state index in [1.165, 1.54) is 0 Å². The zero-order valence-corrected chi connectivity index (χ0v) is 15.8. The van der Waals surface area contributed by atoms with Gasteiger partial charge in [-0.15, -0.1) is 24.3 Å². The van der Waals surface area contributed by atoms with Gasteiger partial charge >= 0.3 is 0 Å². The van der Waals surface area contributed by atoms with Crippen LogP contribution in [-0.4, -0.2) is 27.0 Å². The van der Waals surface area contributed by atoms with Gasteiger partial charge in [-0.3, -0.25) is 4.79 Å². The standard InChI is InChI=1S/C19H24N4O.C2H2.2H2/c1-7-14(6)20-12-17-21-19(24)15(8-2)18-16(9-3)22(13(4)5)10-11-23(17)18;1-2;;/h8,13,20H,1-3,10-12H2,4-6H3;1-2H;2*1H. The fourth-order valence-electron chi connectivity index (χ4n) is 2.86. The van der Waals surface area contributed by atoms with Gasteiger partial charge in [-0.1, -0.05) is 25.8 Å². The van der Waals surface area contributed by atoms with Gasteiger partial charge in [0.15, 0.2) is 0 Å². The van der Waals surface area contributed by atoms with Crippen LogP contribution in [0, 0.1) is 12.8 Å². The molecule has 5 nitrogen and oxygen atoms in total. The smallest absolute Gasteiger partial charge is 0.280 e. The Hall–Kier alpha value is -3.18. The second kappa shape index (κ2) is 9.34. The quantitative estimate of drug-likeness (QED) is 0.651. The van der Waals surface area contributed by atoms with Crippen molar-refractivity contribution in [2.45, 2.75) is 39.9 Å². The fourth-order valence-corrected chi connectivity index (χ4v) is 2.86. The average Bonchev–Trinajstić information content (AvgIpc) is 2.66. The fraction of sp³-hybridized carbons (Fsp3) is 0.333. The monoisotopic (exact) mass is 354 g/mol. The molecule has 5 heteroatoms. The molecule has 1 aromatic rings. The summed E-state index contributed by atoms with van der Waals surface area (Å²) < 4.78 is 2.05. The summed E-state index contributed by atoms with van der Waals surface area (Å²) in [5.74, 6) is 0.673. The van der Waals surface area contributed by atoms with E-state index in [1.54, 1.807) is 6.08 Å². The highest BCUT2D eigenvalue weighted by atomic mass is 16.1. The largest absolute Gasteiger partial charge is 0.375 e. The molecular formula is C21H30N4O. The molecule has 0 saturated heterocycles. The van der Waals surface area contributed by atoms with Crippen LogP contribution in [0.4, 0.5) is 0 Å². The molecule has 2 heterocycles. The molecule has 0 amide bonds. The van der Waals surface area contributed by atoms with Crippen molar-refractivity contribution in [2.24, 2.45) is 0 Å². The summed E-state index contributed by atoms with van der Waals surface area (Å²) in [6.07, 6.45) is 9.56. The SMILES string of the molecule is C#C.C=C=C(C)NCc1nc(=O)c(C=C)c2n1CCN(C(C)C)C2=C=C.[HH].[HH]. The highest BCUT2D eigenvalue weighted by molar-refractivity contribution is 5.70. The van der Waals surface area contributed by atoms with Crippen LogP contribution in [0.1, 0.15) is 40.7 Å². The minimum Gasteiger partial charge on any atom is -0.375 e. The number of nitrogens with zero attached hydrogens (tertiary/aromatic N) is 3. The zero-order chi connectivity index (χ0) is 19.9. The molecule has 0 aromatic carbocycles. The van der Waals surface area contributed by atoms with Gasteiger partial charge in [0.1, 0.15) is 11.5 Å². The predicted octanol–water partition coefficient (Wildman–Crippen LogP) is 3.26. The topological polar surface area (TPSA) is 50.2 Å². The zero-order valence-electron chi connectivity index (χ0n) is 15.8. The van der Waals surface area contributed by atoms with Gasteiger partial charge < -0.3 is 14.8 Å². The van der Waals surface area contributed by atoms with E-state index in [4.69, 9.17) is 0 Å². The molecule has 1 N–H and O–H groups in total. The Morgan fingerprint density at radius 1 is 1.42 bits per heavy atom. The molecule has 140 valence electrons. The summed E-state index contributed by atoms with van der Waals surface area (Å²) in [7, 11) is 0. The van der Waals surface area contributed by atoms with Gasteiger partial charge in [0.2, 0.25) is 0 Å². The van der Waals surface area contributed by atoms with Crippen molar-refractivity contribution in [1.82, 2.24) is 19.8 Å². The number of hydrogen-bond acceptors (Lipinski definition) is 4. The molecule has 1 aliphatic heterocycles. The first-order valence-corrected chi connectivity index (χ1v) is 8.31. The van der Waals surface area contributed by atoms with Crippen molar-refractivity contribution in [3.63, 3.8) is 0 Å². The Bertz CT molecular complexity index is 870.